The molecule has 2 nitrogen and oxygen atoms in total. The lowest BCUT2D eigenvalue weighted by Crippen LogP contribution is -2.18. The lowest BCUT2D eigenvalue weighted by Gasteiger charge is -2.18. The second-order valence-electron chi connectivity index (χ2n) is 4.89. The van der Waals surface area contributed by atoms with Crippen molar-refractivity contribution in [3.05, 3.63) is 63.4 Å². The zero-order chi connectivity index (χ0) is 14.1. The van der Waals surface area contributed by atoms with E-state index in [0.29, 0.717) is 0 Å². The van der Waals surface area contributed by atoms with Crippen molar-refractivity contribution in [2.75, 3.05) is 13.7 Å². The van der Waals surface area contributed by atoms with Gasteiger partial charge in [-0.1, -0.05) is 28.1 Å². The van der Waals surface area contributed by atoms with Crippen molar-refractivity contribution < 1.29 is 9.13 Å². The number of halogens is 2. The first kappa shape index (κ1) is 13.6. The summed E-state index contributed by atoms with van der Waals surface area (Å²) in [6.07, 6.45) is 0.937. The van der Waals surface area contributed by atoms with Gasteiger partial charge in [-0.3, -0.25) is 0 Å². The van der Waals surface area contributed by atoms with Crippen LogP contribution < -0.4 is 10.1 Å². The fraction of sp³-hybridized carbons (Fsp3) is 0.250. The Morgan fingerprint density at radius 1 is 1.20 bits per heavy atom. The van der Waals surface area contributed by atoms with Crippen LogP contribution in [0.1, 0.15) is 22.7 Å². The molecular weight excluding hydrogens is 321 g/mol. The second kappa shape index (κ2) is 5.54. The minimum absolute atomic E-state index is 0.0344. The Morgan fingerprint density at radius 2 is 2.05 bits per heavy atom. The predicted octanol–water partition coefficient (Wildman–Crippen LogP) is 3.83. The molecule has 1 heterocycles. The lowest BCUT2D eigenvalue weighted by atomic mass is 9.96. The fourth-order valence-corrected chi connectivity index (χ4v) is 3.14. The van der Waals surface area contributed by atoms with Crippen LogP contribution in [0, 0.1) is 5.82 Å². The summed E-state index contributed by atoms with van der Waals surface area (Å²) < 4.78 is 19.9. The van der Waals surface area contributed by atoms with Gasteiger partial charge in [0, 0.05) is 10.9 Å². The summed E-state index contributed by atoms with van der Waals surface area (Å²) in [4.78, 5) is 0. The van der Waals surface area contributed by atoms with Crippen molar-refractivity contribution in [3.8, 4) is 5.75 Å². The SMILES string of the molecule is CNC(c1cc(F)cc(Br)c1)c1ccc2c(c1)CCO2. The van der Waals surface area contributed by atoms with E-state index in [0.717, 1.165) is 34.4 Å². The Balaban J connectivity index is 2.01. The summed E-state index contributed by atoms with van der Waals surface area (Å²) in [7, 11) is 1.88. The highest BCUT2D eigenvalue weighted by Gasteiger charge is 2.18. The summed E-state index contributed by atoms with van der Waals surface area (Å²) in [5.41, 5.74) is 3.24. The van der Waals surface area contributed by atoms with Crippen molar-refractivity contribution >= 4 is 15.9 Å². The first-order valence-corrected chi connectivity index (χ1v) is 7.35. The van der Waals surface area contributed by atoms with E-state index in [-0.39, 0.29) is 11.9 Å². The Hall–Kier alpha value is -1.39. The first-order chi connectivity index (χ1) is 9.67. The van der Waals surface area contributed by atoms with E-state index in [1.165, 1.54) is 11.6 Å². The maximum Gasteiger partial charge on any atom is 0.124 e. The second-order valence-corrected chi connectivity index (χ2v) is 5.81. The van der Waals surface area contributed by atoms with Crippen molar-refractivity contribution in [3.63, 3.8) is 0 Å². The average Bonchev–Trinajstić information content (AvgIpc) is 2.86. The molecule has 1 N–H and O–H groups in total. The molecule has 0 saturated carbocycles. The van der Waals surface area contributed by atoms with E-state index in [9.17, 15) is 4.39 Å². The summed E-state index contributed by atoms with van der Waals surface area (Å²) >= 11 is 3.34. The molecule has 1 aliphatic heterocycles. The molecule has 104 valence electrons. The highest BCUT2D eigenvalue weighted by atomic mass is 79.9. The van der Waals surface area contributed by atoms with Crippen LogP contribution in [0.5, 0.6) is 5.75 Å². The Kier molecular flexibility index (Phi) is 3.76. The molecule has 1 atom stereocenters. The third-order valence-electron chi connectivity index (χ3n) is 3.55. The quantitative estimate of drug-likeness (QED) is 0.920. The van der Waals surface area contributed by atoms with E-state index in [1.54, 1.807) is 6.07 Å². The maximum atomic E-state index is 13.6. The molecule has 0 bridgehead atoms. The number of fused-ring (bicyclic) bond motifs is 1. The van der Waals surface area contributed by atoms with Gasteiger partial charge < -0.3 is 10.1 Å². The molecule has 2 aromatic rings. The van der Waals surface area contributed by atoms with E-state index in [1.807, 2.05) is 25.2 Å². The Labute approximate surface area is 126 Å². The number of benzene rings is 2. The van der Waals surface area contributed by atoms with Gasteiger partial charge in [0.05, 0.1) is 12.6 Å². The number of hydrogen-bond acceptors (Lipinski definition) is 2. The number of hydrogen-bond donors (Lipinski definition) is 1. The van der Waals surface area contributed by atoms with Crippen LogP contribution in [0.4, 0.5) is 4.39 Å². The third-order valence-corrected chi connectivity index (χ3v) is 4.01. The molecule has 4 heteroatoms. The van der Waals surface area contributed by atoms with Gasteiger partial charge in [0.25, 0.3) is 0 Å². The molecule has 0 spiro atoms. The minimum atomic E-state index is -0.237. The van der Waals surface area contributed by atoms with Crippen LogP contribution in [-0.2, 0) is 6.42 Å². The van der Waals surface area contributed by atoms with E-state index in [2.05, 4.69) is 27.3 Å². The highest BCUT2D eigenvalue weighted by molar-refractivity contribution is 9.10. The molecular formula is C16H15BrFNO. The molecule has 0 aromatic heterocycles. The normalized spacial score (nSPS) is 14.8. The van der Waals surface area contributed by atoms with Crippen molar-refractivity contribution in [1.82, 2.24) is 5.32 Å². The highest BCUT2D eigenvalue weighted by Crippen LogP contribution is 2.31. The smallest absolute Gasteiger partial charge is 0.124 e. The van der Waals surface area contributed by atoms with E-state index in [4.69, 9.17) is 4.74 Å². The number of rotatable bonds is 3. The molecule has 2 aromatic carbocycles. The molecule has 0 radical (unpaired) electrons. The largest absolute Gasteiger partial charge is 0.493 e. The molecule has 1 aliphatic rings. The summed E-state index contributed by atoms with van der Waals surface area (Å²) in [6.45, 7) is 0.745. The van der Waals surface area contributed by atoms with Gasteiger partial charge >= 0.3 is 0 Å². The monoisotopic (exact) mass is 335 g/mol. The number of ether oxygens (including phenoxy) is 1. The summed E-state index contributed by atoms with van der Waals surface area (Å²) in [6, 6.07) is 11.1. The van der Waals surface area contributed by atoms with Gasteiger partial charge in [-0.15, -0.1) is 0 Å². The van der Waals surface area contributed by atoms with Crippen LogP contribution >= 0.6 is 15.9 Å². The molecule has 20 heavy (non-hydrogen) atoms. The number of nitrogens with one attached hydrogen (secondary N) is 1. The topological polar surface area (TPSA) is 21.3 Å². The molecule has 0 aliphatic carbocycles. The fourth-order valence-electron chi connectivity index (χ4n) is 2.65. The summed E-state index contributed by atoms with van der Waals surface area (Å²) in [5, 5.41) is 3.25. The van der Waals surface area contributed by atoms with Crippen LogP contribution in [0.25, 0.3) is 0 Å². The average molecular weight is 336 g/mol. The Morgan fingerprint density at radius 3 is 2.80 bits per heavy atom. The molecule has 3 rings (SSSR count). The molecule has 0 fully saturated rings. The van der Waals surface area contributed by atoms with E-state index < -0.39 is 0 Å². The van der Waals surface area contributed by atoms with Crippen molar-refractivity contribution in [2.45, 2.75) is 12.5 Å². The van der Waals surface area contributed by atoms with Gasteiger partial charge in [-0.05, 0) is 48.0 Å². The maximum absolute atomic E-state index is 13.6. The molecule has 1 unspecified atom stereocenters. The first-order valence-electron chi connectivity index (χ1n) is 6.56. The summed E-state index contributed by atoms with van der Waals surface area (Å²) in [5.74, 6) is 0.725. The third kappa shape index (κ3) is 2.58. The molecule has 0 amide bonds. The zero-order valence-corrected chi connectivity index (χ0v) is 12.7. The van der Waals surface area contributed by atoms with E-state index >= 15 is 0 Å². The van der Waals surface area contributed by atoms with Crippen LogP contribution in [-0.4, -0.2) is 13.7 Å². The lowest BCUT2D eigenvalue weighted by molar-refractivity contribution is 0.357. The van der Waals surface area contributed by atoms with Crippen molar-refractivity contribution in [2.24, 2.45) is 0 Å². The van der Waals surface area contributed by atoms with Gasteiger partial charge in [-0.2, -0.15) is 0 Å². The standard InChI is InChI=1S/C16H15BrFNO/c1-19-16(12-7-13(17)9-14(18)8-12)11-2-3-15-10(6-11)4-5-20-15/h2-3,6-9,16,19H,4-5H2,1H3. The predicted molar refractivity (Wildman–Crippen MR) is 80.6 cm³/mol. The minimum Gasteiger partial charge on any atom is -0.493 e. The van der Waals surface area contributed by atoms with Gasteiger partial charge in [-0.25, -0.2) is 4.39 Å². The van der Waals surface area contributed by atoms with Crippen LogP contribution in [0.2, 0.25) is 0 Å². The van der Waals surface area contributed by atoms with Gasteiger partial charge in [0.15, 0.2) is 0 Å². The van der Waals surface area contributed by atoms with Crippen molar-refractivity contribution in [1.29, 1.82) is 0 Å². The van der Waals surface area contributed by atoms with Gasteiger partial charge in [0.1, 0.15) is 11.6 Å². The zero-order valence-electron chi connectivity index (χ0n) is 11.1. The van der Waals surface area contributed by atoms with Crippen LogP contribution in [0.15, 0.2) is 40.9 Å². The van der Waals surface area contributed by atoms with Crippen LogP contribution in [0.3, 0.4) is 0 Å². The Bertz CT molecular complexity index is 624. The molecule has 0 saturated heterocycles. The van der Waals surface area contributed by atoms with Gasteiger partial charge in [0.2, 0.25) is 0 Å².